The van der Waals surface area contributed by atoms with Gasteiger partial charge in [0.05, 0.1) is 10.6 Å². The van der Waals surface area contributed by atoms with Crippen molar-refractivity contribution in [2.24, 2.45) is 0 Å². The van der Waals surface area contributed by atoms with Crippen LogP contribution in [0.4, 0.5) is 5.69 Å². The number of aromatic hydroxyl groups is 1. The van der Waals surface area contributed by atoms with Gasteiger partial charge in [-0.2, -0.15) is 0 Å². The molecule has 0 saturated heterocycles. The van der Waals surface area contributed by atoms with Crippen LogP contribution in [-0.2, 0) is 10.0 Å². The van der Waals surface area contributed by atoms with Gasteiger partial charge in [0.15, 0.2) is 0 Å². The monoisotopic (exact) mass is 299 g/mol. The average Bonchev–Trinajstić information content (AvgIpc) is 2.49. The fourth-order valence-corrected chi connectivity index (χ4v) is 3.29. The summed E-state index contributed by atoms with van der Waals surface area (Å²) in [5.41, 5.74) is 0.437. The van der Waals surface area contributed by atoms with Crippen molar-refractivity contribution in [3.63, 3.8) is 0 Å². The second-order valence-electron chi connectivity index (χ2n) is 4.60. The van der Waals surface area contributed by atoms with Gasteiger partial charge in [-0.1, -0.05) is 42.5 Å². The third-order valence-electron chi connectivity index (χ3n) is 3.20. The number of fused-ring (bicyclic) bond motifs is 1. The largest absolute Gasteiger partial charge is 0.507 e. The molecule has 3 aromatic carbocycles. The zero-order valence-corrected chi connectivity index (χ0v) is 11.8. The maximum atomic E-state index is 12.4. The topological polar surface area (TPSA) is 66.4 Å². The Bertz CT molecular complexity index is 890. The van der Waals surface area contributed by atoms with Gasteiger partial charge in [0, 0.05) is 10.8 Å². The highest BCUT2D eigenvalue weighted by Gasteiger charge is 2.15. The third kappa shape index (κ3) is 2.55. The van der Waals surface area contributed by atoms with Gasteiger partial charge in [-0.05, 0) is 24.3 Å². The van der Waals surface area contributed by atoms with Crippen LogP contribution < -0.4 is 4.72 Å². The first-order chi connectivity index (χ1) is 10.1. The summed E-state index contributed by atoms with van der Waals surface area (Å²) >= 11 is 0. The highest BCUT2D eigenvalue weighted by molar-refractivity contribution is 7.92. The predicted molar refractivity (Wildman–Crippen MR) is 82.9 cm³/mol. The SMILES string of the molecule is O=S(=O)(Nc1cccc2c(O)cccc12)c1ccccc1. The van der Waals surface area contributed by atoms with Crippen LogP contribution >= 0.6 is 0 Å². The van der Waals surface area contributed by atoms with Gasteiger partial charge in [-0.25, -0.2) is 8.42 Å². The van der Waals surface area contributed by atoms with Crippen LogP contribution in [0.5, 0.6) is 5.75 Å². The minimum atomic E-state index is -3.65. The van der Waals surface area contributed by atoms with Crippen LogP contribution in [0.3, 0.4) is 0 Å². The Hall–Kier alpha value is -2.53. The van der Waals surface area contributed by atoms with E-state index in [-0.39, 0.29) is 10.6 Å². The Labute approximate surface area is 122 Å². The van der Waals surface area contributed by atoms with Crippen molar-refractivity contribution in [1.82, 2.24) is 0 Å². The summed E-state index contributed by atoms with van der Waals surface area (Å²) in [6.45, 7) is 0. The third-order valence-corrected chi connectivity index (χ3v) is 4.58. The number of sulfonamides is 1. The summed E-state index contributed by atoms with van der Waals surface area (Å²) in [6, 6.07) is 18.3. The van der Waals surface area contributed by atoms with E-state index in [9.17, 15) is 13.5 Å². The van der Waals surface area contributed by atoms with Crippen molar-refractivity contribution in [2.75, 3.05) is 4.72 Å². The molecule has 0 spiro atoms. The van der Waals surface area contributed by atoms with Gasteiger partial charge >= 0.3 is 0 Å². The molecule has 0 heterocycles. The number of rotatable bonds is 3. The van der Waals surface area contributed by atoms with Gasteiger partial charge < -0.3 is 5.11 Å². The van der Waals surface area contributed by atoms with E-state index in [0.29, 0.717) is 16.5 Å². The van der Waals surface area contributed by atoms with Crippen LogP contribution in [-0.4, -0.2) is 13.5 Å². The van der Waals surface area contributed by atoms with Gasteiger partial charge in [-0.15, -0.1) is 0 Å². The van der Waals surface area contributed by atoms with Gasteiger partial charge in [0.1, 0.15) is 5.75 Å². The number of phenols is 1. The molecule has 0 fully saturated rings. The molecule has 5 heteroatoms. The summed E-state index contributed by atoms with van der Waals surface area (Å²) in [5, 5.41) is 11.1. The molecule has 0 aromatic heterocycles. The van der Waals surface area contributed by atoms with Crippen molar-refractivity contribution in [3.8, 4) is 5.75 Å². The van der Waals surface area contributed by atoms with E-state index < -0.39 is 10.0 Å². The molecule has 21 heavy (non-hydrogen) atoms. The standard InChI is InChI=1S/C16H13NO3S/c18-16-11-5-8-13-14(16)9-4-10-15(13)17-21(19,20)12-6-2-1-3-7-12/h1-11,17-18H. The zero-order chi connectivity index (χ0) is 14.9. The molecule has 0 aliphatic rings. The average molecular weight is 299 g/mol. The van der Waals surface area contributed by atoms with Crippen molar-refractivity contribution >= 4 is 26.5 Å². The summed E-state index contributed by atoms with van der Waals surface area (Å²) < 4.78 is 27.3. The second kappa shape index (κ2) is 5.10. The lowest BCUT2D eigenvalue weighted by Gasteiger charge is -2.11. The lowest BCUT2D eigenvalue weighted by molar-refractivity contribution is 0.481. The lowest BCUT2D eigenvalue weighted by atomic mass is 10.1. The molecule has 2 N–H and O–H groups in total. The van der Waals surface area contributed by atoms with E-state index in [4.69, 9.17) is 0 Å². The van der Waals surface area contributed by atoms with Crippen molar-refractivity contribution in [2.45, 2.75) is 4.90 Å². The van der Waals surface area contributed by atoms with Crippen LogP contribution in [0, 0.1) is 0 Å². The Kier molecular flexibility index (Phi) is 3.27. The van der Waals surface area contributed by atoms with Crippen LogP contribution in [0.25, 0.3) is 10.8 Å². The fourth-order valence-electron chi connectivity index (χ4n) is 2.19. The summed E-state index contributed by atoms with van der Waals surface area (Å²) in [7, 11) is -3.65. The Morgan fingerprint density at radius 3 is 2.19 bits per heavy atom. The molecular formula is C16H13NO3S. The molecule has 0 bridgehead atoms. The highest BCUT2D eigenvalue weighted by Crippen LogP contribution is 2.30. The lowest BCUT2D eigenvalue weighted by Crippen LogP contribution is -2.12. The molecule has 3 rings (SSSR count). The quantitative estimate of drug-likeness (QED) is 0.779. The molecule has 3 aromatic rings. The summed E-state index contributed by atoms with van der Waals surface area (Å²) in [4.78, 5) is 0.196. The molecule has 0 aliphatic carbocycles. The summed E-state index contributed by atoms with van der Waals surface area (Å²) in [6.07, 6.45) is 0. The van der Waals surface area contributed by atoms with Crippen molar-refractivity contribution < 1.29 is 13.5 Å². The van der Waals surface area contributed by atoms with Gasteiger partial charge in [-0.3, -0.25) is 4.72 Å². The maximum absolute atomic E-state index is 12.4. The van der Waals surface area contributed by atoms with E-state index in [1.807, 2.05) is 0 Å². The van der Waals surface area contributed by atoms with E-state index in [1.165, 1.54) is 12.1 Å². The maximum Gasteiger partial charge on any atom is 0.261 e. The summed E-state index contributed by atoms with van der Waals surface area (Å²) in [5.74, 6) is 0.119. The number of benzene rings is 3. The predicted octanol–water partition coefficient (Wildman–Crippen LogP) is 3.35. The van der Waals surface area contributed by atoms with Gasteiger partial charge in [0.25, 0.3) is 10.0 Å². The first-order valence-electron chi connectivity index (χ1n) is 6.36. The fraction of sp³-hybridized carbons (Fsp3) is 0. The Balaban J connectivity index is 2.09. The van der Waals surface area contributed by atoms with Crippen molar-refractivity contribution in [3.05, 3.63) is 66.7 Å². The molecule has 0 radical (unpaired) electrons. The van der Waals surface area contributed by atoms with E-state index in [0.717, 1.165) is 0 Å². The van der Waals surface area contributed by atoms with E-state index in [1.54, 1.807) is 54.6 Å². The number of nitrogens with one attached hydrogen (secondary N) is 1. The number of anilines is 1. The van der Waals surface area contributed by atoms with E-state index >= 15 is 0 Å². The van der Waals surface area contributed by atoms with Crippen LogP contribution in [0.2, 0.25) is 0 Å². The Morgan fingerprint density at radius 1 is 0.762 bits per heavy atom. The number of phenolic OH excluding ortho intramolecular Hbond substituents is 1. The molecule has 0 atom stereocenters. The first kappa shape index (κ1) is 13.5. The number of hydrogen-bond acceptors (Lipinski definition) is 3. The van der Waals surface area contributed by atoms with Crippen molar-refractivity contribution in [1.29, 1.82) is 0 Å². The minimum absolute atomic E-state index is 0.119. The van der Waals surface area contributed by atoms with E-state index in [2.05, 4.69) is 4.72 Å². The molecule has 0 unspecified atom stereocenters. The zero-order valence-electron chi connectivity index (χ0n) is 11.0. The molecule has 106 valence electrons. The highest BCUT2D eigenvalue weighted by atomic mass is 32.2. The molecule has 0 aliphatic heterocycles. The van der Waals surface area contributed by atoms with Crippen LogP contribution in [0.15, 0.2) is 71.6 Å². The Morgan fingerprint density at radius 2 is 1.43 bits per heavy atom. The molecule has 4 nitrogen and oxygen atoms in total. The number of hydrogen-bond donors (Lipinski definition) is 2. The van der Waals surface area contributed by atoms with Gasteiger partial charge in [0.2, 0.25) is 0 Å². The smallest absolute Gasteiger partial charge is 0.261 e. The second-order valence-corrected chi connectivity index (χ2v) is 6.28. The normalized spacial score (nSPS) is 11.4. The first-order valence-corrected chi connectivity index (χ1v) is 7.85. The minimum Gasteiger partial charge on any atom is -0.507 e. The molecule has 0 saturated carbocycles. The van der Waals surface area contributed by atoms with Crippen LogP contribution in [0.1, 0.15) is 0 Å². The molecule has 0 amide bonds. The molecular weight excluding hydrogens is 286 g/mol.